The van der Waals surface area contributed by atoms with Crippen LogP contribution in [0.5, 0.6) is 0 Å². The molecule has 1 aliphatic carbocycles. The summed E-state index contributed by atoms with van der Waals surface area (Å²) in [7, 11) is 0. The molecule has 3 aromatic carbocycles. The first-order chi connectivity index (χ1) is 13.0. The van der Waals surface area contributed by atoms with Crippen molar-refractivity contribution in [1.82, 2.24) is 0 Å². The Hall–Kier alpha value is -0.860. The van der Waals surface area contributed by atoms with Gasteiger partial charge < -0.3 is 14.9 Å². The minimum absolute atomic E-state index is 0. The summed E-state index contributed by atoms with van der Waals surface area (Å²) >= 11 is 1.36. The standard InChI is InChI=1S/C15H10F.C9H13.2CH3.2ClH.Si.Zr/c16-13-6-3-5-12(10-13)15-9-8-11-4-1-2-7-14(11)15;1-6-5-7(2)9(4)8(6)3;;;;;;/h1-10H;6H,1-4H3;2*1H3;2*1H;;/q4*-1;;;;. The van der Waals surface area contributed by atoms with Gasteiger partial charge in [-0.1, -0.05) is 50.5 Å². The number of hydrogen-bond acceptors (Lipinski definition) is 0. The number of benzene rings is 2. The topological polar surface area (TPSA) is 0 Å². The maximum atomic E-state index is 13.2. The van der Waals surface area contributed by atoms with E-state index in [9.17, 15) is 4.39 Å². The second-order valence-electron chi connectivity index (χ2n) is 6.64. The van der Waals surface area contributed by atoms with Gasteiger partial charge in [0, 0.05) is 0 Å². The summed E-state index contributed by atoms with van der Waals surface area (Å²) < 4.78 is 13.2. The average Bonchev–Trinajstić information content (AvgIpc) is 3.21. The molecule has 1 atom stereocenters. The monoisotopic (exact) mass is 550 g/mol. The predicted octanol–water partition coefficient (Wildman–Crippen LogP) is 8.45. The van der Waals surface area contributed by atoms with Gasteiger partial charge in [0.1, 0.15) is 5.82 Å². The molecule has 0 aliphatic heterocycles. The molecule has 31 heavy (non-hydrogen) atoms. The van der Waals surface area contributed by atoms with Crippen molar-refractivity contribution in [2.75, 3.05) is 0 Å². The van der Waals surface area contributed by atoms with Crippen molar-refractivity contribution in [2.24, 2.45) is 5.92 Å². The van der Waals surface area contributed by atoms with Crippen LogP contribution in [-0.4, -0.2) is 6.88 Å². The molecule has 0 heterocycles. The van der Waals surface area contributed by atoms with Crippen LogP contribution in [0.2, 0.25) is 0 Å². The van der Waals surface area contributed by atoms with E-state index in [0.29, 0.717) is 5.92 Å². The first-order valence-electron chi connectivity index (χ1n) is 8.90. The van der Waals surface area contributed by atoms with Gasteiger partial charge in [0.2, 0.25) is 0 Å². The van der Waals surface area contributed by atoms with Crippen LogP contribution >= 0.6 is 24.8 Å². The number of hydrogen-bond donors (Lipinski definition) is 0. The van der Waals surface area contributed by atoms with Crippen molar-refractivity contribution in [2.45, 2.75) is 27.7 Å². The zero-order valence-corrected chi connectivity index (χ0v) is 24.1. The maximum absolute atomic E-state index is 13.2. The average molecular weight is 553 g/mol. The van der Waals surface area contributed by atoms with Crippen molar-refractivity contribution >= 4 is 42.5 Å². The third-order valence-electron chi connectivity index (χ3n) is 5.05. The number of allylic oxidation sites excluding steroid dienone is 4. The first-order valence-corrected chi connectivity index (χ1v) is 13.1. The second-order valence-corrected chi connectivity index (χ2v) is 6.64. The molecule has 4 rings (SSSR count). The van der Waals surface area contributed by atoms with Gasteiger partial charge >= 0.3 is 30.2 Å². The van der Waals surface area contributed by atoms with E-state index in [1.807, 2.05) is 24.3 Å². The van der Waals surface area contributed by atoms with E-state index in [-0.39, 0.29) is 45.5 Å². The van der Waals surface area contributed by atoms with Gasteiger partial charge in [0.05, 0.1) is 0 Å². The molecular formula is C26H31Cl2FSiZr-4. The molecule has 168 valence electrons. The van der Waals surface area contributed by atoms with E-state index in [4.69, 9.17) is 0 Å². The Bertz CT molecular complexity index is 992. The molecular weight excluding hydrogens is 522 g/mol. The van der Waals surface area contributed by atoms with Gasteiger partial charge in [-0.25, -0.2) is 9.96 Å². The first kappa shape index (κ1) is 34.7. The molecule has 1 aliphatic rings. The van der Waals surface area contributed by atoms with E-state index >= 15 is 0 Å². The molecule has 0 fully saturated rings. The van der Waals surface area contributed by atoms with Crippen LogP contribution in [0.3, 0.4) is 0 Å². The molecule has 3 aromatic rings. The number of fused-ring (bicyclic) bond motifs is 1. The molecule has 1 unspecified atom stereocenters. The Labute approximate surface area is 217 Å². The van der Waals surface area contributed by atoms with Gasteiger partial charge in [-0.2, -0.15) is 11.1 Å². The molecule has 0 amide bonds. The fourth-order valence-electron chi connectivity index (χ4n) is 3.22. The fraction of sp³-hybridized carbons (Fsp3) is 0.192. The van der Waals surface area contributed by atoms with Crippen molar-refractivity contribution in [3.8, 4) is 11.1 Å². The molecule has 5 heteroatoms. The van der Waals surface area contributed by atoms with Crippen LogP contribution in [0.15, 0.2) is 77.4 Å². The van der Waals surface area contributed by atoms with E-state index in [0.717, 1.165) is 11.1 Å². The van der Waals surface area contributed by atoms with Gasteiger partial charge in [-0.15, -0.1) is 78.4 Å². The van der Waals surface area contributed by atoms with Crippen LogP contribution in [0.1, 0.15) is 27.7 Å². The molecule has 2 radical (unpaired) electrons. The summed E-state index contributed by atoms with van der Waals surface area (Å²) in [6, 6.07) is 19.0. The number of rotatable bonds is 1. The Balaban J connectivity index is -0.000000460. The van der Waals surface area contributed by atoms with Gasteiger partial charge in [0.25, 0.3) is 0 Å². The van der Waals surface area contributed by atoms with Gasteiger partial charge in [-0.3, -0.25) is 6.08 Å². The van der Waals surface area contributed by atoms with Gasteiger partial charge in [-0.05, 0) is 12.1 Å². The molecule has 0 aromatic heterocycles. The van der Waals surface area contributed by atoms with E-state index in [1.54, 1.807) is 12.1 Å². The summed E-state index contributed by atoms with van der Waals surface area (Å²) in [5, 5.41) is 2.37. The molecule has 0 bridgehead atoms. The zero-order chi connectivity index (χ0) is 20.0. The van der Waals surface area contributed by atoms with Crippen LogP contribution < -0.4 is 0 Å². The SMILES string of the molecule is CC1=[C-]C(C)C(C)=C1C.Cl.Cl.Fc1cccc(-c2c[cH-]c3ccccc23)c1.[CH3-].[CH3-].[Si]=[Zr]. The van der Waals surface area contributed by atoms with Crippen molar-refractivity contribution in [1.29, 1.82) is 0 Å². The minimum atomic E-state index is -0.192. The number of halogens is 3. The molecule has 0 spiro atoms. The van der Waals surface area contributed by atoms with Crippen LogP contribution in [0, 0.1) is 32.7 Å². The van der Waals surface area contributed by atoms with Crippen LogP contribution in [0.25, 0.3) is 21.9 Å². The van der Waals surface area contributed by atoms with Crippen LogP contribution in [0.4, 0.5) is 4.39 Å². The molecule has 0 nitrogen and oxygen atoms in total. The summed E-state index contributed by atoms with van der Waals surface area (Å²) in [5.74, 6) is 0.368. The van der Waals surface area contributed by atoms with Crippen molar-refractivity contribution < 1.29 is 27.7 Å². The van der Waals surface area contributed by atoms with E-state index in [2.05, 4.69) is 58.8 Å². The zero-order valence-electron chi connectivity index (χ0n) is 19.0. The van der Waals surface area contributed by atoms with Crippen molar-refractivity contribution in [3.05, 3.63) is 104 Å². The van der Waals surface area contributed by atoms with Crippen LogP contribution in [-0.2, 0) is 23.3 Å². The quantitative estimate of drug-likeness (QED) is 0.210. The third-order valence-corrected chi connectivity index (χ3v) is 5.05. The molecule has 0 saturated carbocycles. The van der Waals surface area contributed by atoms with Gasteiger partial charge in [0.15, 0.2) is 0 Å². The Morgan fingerprint density at radius 2 is 1.58 bits per heavy atom. The van der Waals surface area contributed by atoms with Crippen molar-refractivity contribution in [3.63, 3.8) is 0 Å². The summed E-state index contributed by atoms with van der Waals surface area (Å²) in [4.78, 5) is 0. The Kier molecular flexibility index (Phi) is 18.7. The normalized spacial score (nSPS) is 13.5. The third kappa shape index (κ3) is 8.89. The molecule has 0 N–H and O–H groups in total. The summed E-state index contributed by atoms with van der Waals surface area (Å²) in [6.07, 6.45) is 3.36. The van der Waals surface area contributed by atoms with E-state index in [1.165, 1.54) is 56.9 Å². The van der Waals surface area contributed by atoms with E-state index < -0.39 is 0 Å². The summed E-state index contributed by atoms with van der Waals surface area (Å²) in [5.41, 5.74) is 6.27. The fourth-order valence-corrected chi connectivity index (χ4v) is 3.22. The molecule has 0 saturated heterocycles. The predicted molar refractivity (Wildman–Crippen MR) is 138 cm³/mol. The summed E-state index contributed by atoms with van der Waals surface area (Å²) in [6.45, 7) is 11.7. The second kappa shape index (κ2) is 16.7. The Morgan fingerprint density at radius 3 is 2.06 bits per heavy atom. The Morgan fingerprint density at radius 1 is 0.968 bits per heavy atom.